The molecule has 0 bridgehead atoms. The zero-order valence-corrected chi connectivity index (χ0v) is 22.4. The molecule has 3 aromatic rings. The van der Waals surface area contributed by atoms with Crippen molar-refractivity contribution < 1.29 is 23.1 Å². The lowest BCUT2D eigenvalue weighted by atomic mass is 9.98. The summed E-state index contributed by atoms with van der Waals surface area (Å²) in [6, 6.07) is 15.0. The highest BCUT2D eigenvalue weighted by Gasteiger charge is 2.31. The van der Waals surface area contributed by atoms with Gasteiger partial charge in [0, 0.05) is 26.2 Å². The highest BCUT2D eigenvalue weighted by molar-refractivity contribution is 5.92. The second-order valence-electron chi connectivity index (χ2n) is 10.1. The summed E-state index contributed by atoms with van der Waals surface area (Å²) in [5, 5.41) is 0. The average molecular weight is 522 g/mol. The Morgan fingerprint density at radius 2 is 1.74 bits per heavy atom. The van der Waals surface area contributed by atoms with Gasteiger partial charge in [0.2, 0.25) is 5.89 Å². The number of carbonyl (C=O) groups is 2. The Morgan fingerprint density at radius 3 is 2.37 bits per heavy atom. The molecule has 7 nitrogen and oxygen atoms in total. The number of aromatic nitrogens is 1. The molecule has 38 heavy (non-hydrogen) atoms. The van der Waals surface area contributed by atoms with Gasteiger partial charge in [-0.1, -0.05) is 50.2 Å². The van der Waals surface area contributed by atoms with Crippen molar-refractivity contribution in [1.29, 1.82) is 0 Å². The van der Waals surface area contributed by atoms with E-state index in [9.17, 15) is 14.0 Å². The van der Waals surface area contributed by atoms with Gasteiger partial charge < -0.3 is 14.1 Å². The van der Waals surface area contributed by atoms with Gasteiger partial charge in [0.15, 0.2) is 5.69 Å². The summed E-state index contributed by atoms with van der Waals surface area (Å²) >= 11 is 0. The molecule has 8 heteroatoms. The summed E-state index contributed by atoms with van der Waals surface area (Å²) in [7, 11) is 0. The number of ether oxygens (including phenoxy) is 1. The molecular formula is C30H36FN3O4. The minimum Gasteiger partial charge on any atom is -0.466 e. The number of hydrogen-bond acceptors (Lipinski definition) is 6. The second kappa shape index (κ2) is 12.8. The molecule has 1 amide bonds. The molecule has 2 heterocycles. The highest BCUT2D eigenvalue weighted by atomic mass is 19.1. The van der Waals surface area contributed by atoms with E-state index in [1.165, 1.54) is 24.0 Å². The summed E-state index contributed by atoms with van der Waals surface area (Å²) < 4.78 is 24.3. The summed E-state index contributed by atoms with van der Waals surface area (Å²) in [6.07, 6.45) is 2.84. The molecule has 0 saturated carbocycles. The minimum absolute atomic E-state index is 0.229. The molecule has 1 atom stereocenters. The van der Waals surface area contributed by atoms with Crippen LogP contribution in [0.15, 0.2) is 59.2 Å². The Kier molecular flexibility index (Phi) is 9.29. The van der Waals surface area contributed by atoms with Gasteiger partial charge in [0.25, 0.3) is 5.91 Å². The molecule has 2 aromatic carbocycles. The molecular weight excluding hydrogens is 485 g/mol. The van der Waals surface area contributed by atoms with E-state index in [0.717, 1.165) is 17.5 Å². The van der Waals surface area contributed by atoms with Crippen LogP contribution in [0.25, 0.3) is 0 Å². The van der Waals surface area contributed by atoms with Gasteiger partial charge in [-0.25, -0.2) is 9.37 Å². The van der Waals surface area contributed by atoms with Crippen molar-refractivity contribution in [3.63, 3.8) is 0 Å². The number of halogens is 1. The van der Waals surface area contributed by atoms with E-state index in [1.807, 2.05) is 0 Å². The van der Waals surface area contributed by atoms with Crippen molar-refractivity contribution in [2.75, 3.05) is 19.7 Å². The number of amides is 1. The monoisotopic (exact) mass is 521 g/mol. The van der Waals surface area contributed by atoms with E-state index in [-0.39, 0.29) is 29.3 Å². The van der Waals surface area contributed by atoms with Gasteiger partial charge in [0.05, 0.1) is 19.1 Å². The fraction of sp³-hybridized carbons (Fsp3) is 0.433. The Bertz CT molecular complexity index is 1210. The van der Waals surface area contributed by atoms with Gasteiger partial charge >= 0.3 is 5.97 Å². The normalized spacial score (nSPS) is 15.7. The van der Waals surface area contributed by atoms with Crippen molar-refractivity contribution in [3.05, 3.63) is 88.9 Å². The minimum atomic E-state index is -0.313. The SMILES string of the molecule is CCOC(=O)[C@H]1CCCN(C(=O)c2coc(CN(Cc3ccc(F)cc3)Cc3ccc(C(C)C)cc3)n2)C1. The molecule has 0 unspecified atom stereocenters. The van der Waals surface area contributed by atoms with E-state index < -0.39 is 0 Å². The van der Waals surface area contributed by atoms with Gasteiger partial charge in [0.1, 0.15) is 12.1 Å². The molecule has 0 spiro atoms. The van der Waals surface area contributed by atoms with Crippen molar-refractivity contribution in [2.24, 2.45) is 5.92 Å². The maximum atomic E-state index is 13.5. The number of likely N-dealkylation sites (tertiary alicyclic amines) is 1. The number of carbonyl (C=O) groups excluding carboxylic acids is 2. The predicted molar refractivity (Wildman–Crippen MR) is 142 cm³/mol. The number of esters is 1. The van der Waals surface area contributed by atoms with Gasteiger partial charge in [-0.3, -0.25) is 14.5 Å². The third-order valence-corrected chi connectivity index (χ3v) is 6.83. The summed E-state index contributed by atoms with van der Waals surface area (Å²) in [6.45, 7) is 8.90. The van der Waals surface area contributed by atoms with Gasteiger partial charge in [-0.15, -0.1) is 0 Å². The quantitative estimate of drug-likeness (QED) is 0.326. The van der Waals surface area contributed by atoms with Crippen LogP contribution in [0.2, 0.25) is 0 Å². The standard InChI is InChI=1S/C30H36FN3O4/c1-4-37-30(36)25-6-5-15-34(18-25)29(35)27-20-38-28(32-27)19-33(17-23-9-13-26(31)14-10-23)16-22-7-11-24(12-8-22)21(2)3/h7-14,20-21,25H,4-6,15-19H2,1-3H3/t25-/m0/s1. The average Bonchev–Trinajstić information content (AvgIpc) is 3.38. The third kappa shape index (κ3) is 7.28. The maximum absolute atomic E-state index is 13.5. The second-order valence-corrected chi connectivity index (χ2v) is 10.1. The Morgan fingerprint density at radius 1 is 1.08 bits per heavy atom. The molecule has 1 fully saturated rings. The van der Waals surface area contributed by atoms with Crippen LogP contribution < -0.4 is 0 Å². The number of piperidine rings is 1. The van der Waals surface area contributed by atoms with Crippen LogP contribution in [0.3, 0.4) is 0 Å². The van der Waals surface area contributed by atoms with Crippen LogP contribution in [-0.4, -0.2) is 46.4 Å². The van der Waals surface area contributed by atoms with E-state index in [4.69, 9.17) is 9.15 Å². The molecule has 202 valence electrons. The first-order valence-corrected chi connectivity index (χ1v) is 13.3. The molecule has 1 saturated heterocycles. The van der Waals surface area contributed by atoms with Crippen molar-refractivity contribution in [3.8, 4) is 0 Å². The van der Waals surface area contributed by atoms with Crippen LogP contribution >= 0.6 is 0 Å². The summed E-state index contributed by atoms with van der Waals surface area (Å²) in [5.74, 6) is -0.217. The predicted octanol–water partition coefficient (Wildman–Crippen LogP) is 5.55. The summed E-state index contributed by atoms with van der Waals surface area (Å²) in [5.41, 5.74) is 3.61. The topological polar surface area (TPSA) is 75.9 Å². The molecule has 0 radical (unpaired) electrons. The molecule has 1 aromatic heterocycles. The van der Waals surface area contributed by atoms with Gasteiger partial charge in [-0.2, -0.15) is 0 Å². The van der Waals surface area contributed by atoms with E-state index in [2.05, 4.69) is 48.0 Å². The Labute approximate surface area is 223 Å². The van der Waals surface area contributed by atoms with Crippen LogP contribution in [0.5, 0.6) is 0 Å². The van der Waals surface area contributed by atoms with Gasteiger partial charge in [-0.05, 0) is 54.5 Å². The number of oxazole rings is 1. The fourth-order valence-electron chi connectivity index (χ4n) is 4.73. The highest BCUT2D eigenvalue weighted by Crippen LogP contribution is 2.21. The Balaban J connectivity index is 1.46. The third-order valence-electron chi connectivity index (χ3n) is 6.83. The lowest BCUT2D eigenvalue weighted by molar-refractivity contribution is -0.149. The number of benzene rings is 2. The first-order valence-electron chi connectivity index (χ1n) is 13.3. The van der Waals surface area contributed by atoms with Crippen LogP contribution in [0, 0.1) is 11.7 Å². The van der Waals surface area contributed by atoms with Crippen LogP contribution in [-0.2, 0) is 29.2 Å². The Hall–Kier alpha value is -3.52. The number of hydrogen-bond donors (Lipinski definition) is 0. The first kappa shape index (κ1) is 27.5. The molecule has 1 aliphatic heterocycles. The van der Waals surface area contributed by atoms with Crippen molar-refractivity contribution >= 4 is 11.9 Å². The van der Waals surface area contributed by atoms with E-state index in [1.54, 1.807) is 24.0 Å². The van der Waals surface area contributed by atoms with Crippen LogP contribution in [0.4, 0.5) is 4.39 Å². The lowest BCUT2D eigenvalue weighted by Crippen LogP contribution is -2.43. The summed E-state index contributed by atoms with van der Waals surface area (Å²) in [4.78, 5) is 33.6. The fourth-order valence-corrected chi connectivity index (χ4v) is 4.73. The molecule has 1 aliphatic rings. The zero-order valence-electron chi connectivity index (χ0n) is 22.4. The zero-order chi connectivity index (χ0) is 27.1. The van der Waals surface area contributed by atoms with Crippen molar-refractivity contribution in [1.82, 2.24) is 14.8 Å². The molecule has 0 aliphatic carbocycles. The smallest absolute Gasteiger partial charge is 0.310 e. The van der Waals surface area contributed by atoms with E-state index >= 15 is 0 Å². The van der Waals surface area contributed by atoms with Crippen LogP contribution in [0.1, 0.15) is 72.6 Å². The van der Waals surface area contributed by atoms with E-state index in [0.29, 0.717) is 57.6 Å². The maximum Gasteiger partial charge on any atom is 0.310 e. The number of rotatable bonds is 10. The van der Waals surface area contributed by atoms with Crippen molar-refractivity contribution in [2.45, 2.75) is 59.2 Å². The largest absolute Gasteiger partial charge is 0.466 e. The number of nitrogens with zero attached hydrogens (tertiary/aromatic N) is 3. The first-order chi connectivity index (χ1) is 18.3. The lowest BCUT2D eigenvalue weighted by Gasteiger charge is -2.30. The molecule has 4 rings (SSSR count). The molecule has 0 N–H and O–H groups in total.